The summed E-state index contributed by atoms with van der Waals surface area (Å²) in [6, 6.07) is 0. The quantitative estimate of drug-likeness (QED) is 0.381. The lowest BCUT2D eigenvalue weighted by molar-refractivity contribution is 0.561. The Morgan fingerprint density at radius 1 is 1.56 bits per heavy atom. The standard InChI is InChI=1S/C3H6N2S4/c6-8-3-1-2-5(4-3)9-7/h6-7H,1-2H2. The first-order valence-corrected chi connectivity index (χ1v) is 6.04. The van der Waals surface area contributed by atoms with Gasteiger partial charge in [0.15, 0.2) is 0 Å². The van der Waals surface area contributed by atoms with Crippen LogP contribution in [0.3, 0.4) is 0 Å². The molecule has 0 saturated carbocycles. The van der Waals surface area contributed by atoms with Gasteiger partial charge in [0.25, 0.3) is 0 Å². The Morgan fingerprint density at radius 3 is 2.67 bits per heavy atom. The van der Waals surface area contributed by atoms with Crippen molar-refractivity contribution in [2.45, 2.75) is 6.42 Å². The highest BCUT2D eigenvalue weighted by Gasteiger charge is 2.12. The molecule has 52 valence electrons. The molecule has 0 aromatic carbocycles. The third-order valence-corrected chi connectivity index (χ3v) is 3.09. The topological polar surface area (TPSA) is 15.6 Å². The van der Waals surface area contributed by atoms with Crippen molar-refractivity contribution >= 4 is 50.1 Å². The van der Waals surface area contributed by atoms with E-state index in [1.54, 1.807) is 0 Å². The van der Waals surface area contributed by atoms with E-state index in [1.807, 2.05) is 4.41 Å². The van der Waals surface area contributed by atoms with Gasteiger partial charge in [0.2, 0.25) is 0 Å². The van der Waals surface area contributed by atoms with Crippen molar-refractivity contribution in [3.05, 3.63) is 0 Å². The molecule has 0 spiro atoms. The zero-order chi connectivity index (χ0) is 6.69. The van der Waals surface area contributed by atoms with Crippen LogP contribution in [0.4, 0.5) is 0 Å². The first-order chi connectivity index (χ1) is 4.36. The van der Waals surface area contributed by atoms with Gasteiger partial charge in [-0.2, -0.15) is 5.10 Å². The van der Waals surface area contributed by atoms with Gasteiger partial charge in [0, 0.05) is 17.4 Å². The molecule has 0 atom stereocenters. The number of rotatable bonds is 1. The highest BCUT2D eigenvalue weighted by atomic mass is 33.1. The predicted octanol–water partition coefficient (Wildman–Crippen LogP) is 2.08. The first kappa shape index (κ1) is 7.97. The Morgan fingerprint density at radius 2 is 2.33 bits per heavy atom. The lowest BCUT2D eigenvalue weighted by atomic mass is 10.5. The summed E-state index contributed by atoms with van der Waals surface area (Å²) in [6.07, 6.45) is 1.00. The Kier molecular flexibility index (Phi) is 3.45. The number of thiol groups is 2. The summed E-state index contributed by atoms with van der Waals surface area (Å²) >= 11 is 8.02. The molecular weight excluding hydrogens is 192 g/mol. The van der Waals surface area contributed by atoms with E-state index in [2.05, 4.69) is 28.4 Å². The maximum absolute atomic E-state index is 4.15. The van der Waals surface area contributed by atoms with E-state index in [0.29, 0.717) is 0 Å². The van der Waals surface area contributed by atoms with Crippen molar-refractivity contribution in [1.82, 2.24) is 4.41 Å². The molecular formula is C3H6N2S4. The Labute approximate surface area is 72.6 Å². The van der Waals surface area contributed by atoms with Crippen LogP contribution in [0, 0.1) is 0 Å². The number of hydrazone groups is 1. The molecule has 0 aromatic rings. The molecule has 0 fully saturated rings. The molecule has 1 aliphatic heterocycles. The zero-order valence-electron chi connectivity index (χ0n) is 4.52. The highest BCUT2D eigenvalue weighted by Crippen LogP contribution is 2.25. The molecule has 0 unspecified atom stereocenters. The summed E-state index contributed by atoms with van der Waals surface area (Å²) in [5.74, 6) is 0. The summed E-state index contributed by atoms with van der Waals surface area (Å²) in [4.78, 5) is 0. The number of hydrogen-bond acceptors (Lipinski definition) is 6. The van der Waals surface area contributed by atoms with Crippen LogP contribution in [0.15, 0.2) is 5.10 Å². The molecule has 0 saturated heterocycles. The minimum atomic E-state index is 0.955. The molecule has 0 amide bonds. The number of nitrogens with zero attached hydrogens (tertiary/aromatic N) is 2. The molecule has 1 heterocycles. The summed E-state index contributed by atoms with van der Waals surface area (Å²) in [5.41, 5.74) is 0. The van der Waals surface area contributed by atoms with Gasteiger partial charge in [-0.15, -0.1) is 11.7 Å². The maximum atomic E-state index is 4.15. The fraction of sp³-hybridized carbons (Fsp3) is 0.667. The van der Waals surface area contributed by atoms with E-state index in [0.717, 1.165) is 18.0 Å². The second kappa shape index (κ2) is 3.90. The molecule has 6 heteroatoms. The minimum absolute atomic E-state index is 0.955. The largest absolute Gasteiger partial charge is 0.227 e. The molecule has 0 aromatic heterocycles. The van der Waals surface area contributed by atoms with Crippen LogP contribution in [0.5, 0.6) is 0 Å². The van der Waals surface area contributed by atoms with Crippen molar-refractivity contribution in [2.75, 3.05) is 6.54 Å². The molecule has 0 aliphatic carbocycles. The zero-order valence-corrected chi connectivity index (χ0v) is 7.94. The lowest BCUT2D eigenvalue weighted by Crippen LogP contribution is -1.99. The average molecular weight is 198 g/mol. The second-order valence-electron chi connectivity index (χ2n) is 1.49. The van der Waals surface area contributed by atoms with Crippen LogP contribution < -0.4 is 0 Å². The van der Waals surface area contributed by atoms with Gasteiger partial charge >= 0.3 is 0 Å². The van der Waals surface area contributed by atoms with Crippen LogP contribution in [0.1, 0.15) is 6.42 Å². The van der Waals surface area contributed by atoms with E-state index in [1.165, 1.54) is 21.8 Å². The van der Waals surface area contributed by atoms with E-state index >= 15 is 0 Å². The van der Waals surface area contributed by atoms with Crippen molar-refractivity contribution in [3.8, 4) is 0 Å². The molecule has 0 radical (unpaired) electrons. The normalized spacial score (nSPS) is 18.4. The smallest absolute Gasteiger partial charge is 0.107 e. The van der Waals surface area contributed by atoms with Crippen molar-refractivity contribution in [3.63, 3.8) is 0 Å². The highest BCUT2D eigenvalue weighted by molar-refractivity contribution is 8.75. The number of hydrogen-bond donors (Lipinski definition) is 2. The molecule has 1 aliphatic rings. The van der Waals surface area contributed by atoms with Crippen molar-refractivity contribution in [1.29, 1.82) is 0 Å². The molecule has 1 rings (SSSR count). The first-order valence-electron chi connectivity index (χ1n) is 2.35. The molecule has 0 bridgehead atoms. The van der Waals surface area contributed by atoms with Crippen molar-refractivity contribution < 1.29 is 0 Å². The second-order valence-corrected chi connectivity index (χ2v) is 3.77. The van der Waals surface area contributed by atoms with E-state index in [9.17, 15) is 0 Å². The van der Waals surface area contributed by atoms with Gasteiger partial charge in [0.1, 0.15) is 5.04 Å². The molecule has 0 N–H and O–H groups in total. The van der Waals surface area contributed by atoms with E-state index in [-0.39, 0.29) is 0 Å². The van der Waals surface area contributed by atoms with Crippen LogP contribution in [0.2, 0.25) is 0 Å². The SMILES string of the molecule is SSC1=NN(SS)CC1. The van der Waals surface area contributed by atoms with Crippen LogP contribution >= 0.6 is 45.1 Å². The summed E-state index contributed by atoms with van der Waals surface area (Å²) in [5, 5.41) is 5.22. The van der Waals surface area contributed by atoms with E-state index < -0.39 is 0 Å². The van der Waals surface area contributed by atoms with Gasteiger partial charge in [-0.3, -0.25) is 0 Å². The van der Waals surface area contributed by atoms with Gasteiger partial charge in [-0.05, 0) is 10.8 Å². The minimum Gasteiger partial charge on any atom is -0.227 e. The fourth-order valence-corrected chi connectivity index (χ4v) is 1.95. The monoisotopic (exact) mass is 198 g/mol. The third-order valence-electron chi connectivity index (χ3n) is 0.940. The van der Waals surface area contributed by atoms with Gasteiger partial charge < -0.3 is 0 Å². The summed E-state index contributed by atoms with van der Waals surface area (Å²) < 4.78 is 1.83. The summed E-state index contributed by atoms with van der Waals surface area (Å²) in [6.45, 7) is 0.955. The van der Waals surface area contributed by atoms with Gasteiger partial charge in [-0.1, -0.05) is 11.7 Å². The third kappa shape index (κ3) is 2.18. The Bertz CT molecular complexity index is 125. The Hall–Kier alpha value is 0.870. The molecule has 2 nitrogen and oxygen atoms in total. The van der Waals surface area contributed by atoms with Gasteiger partial charge in [0.05, 0.1) is 6.54 Å². The van der Waals surface area contributed by atoms with Crippen molar-refractivity contribution in [2.24, 2.45) is 5.10 Å². The van der Waals surface area contributed by atoms with E-state index in [4.69, 9.17) is 0 Å². The van der Waals surface area contributed by atoms with Crippen LogP contribution in [-0.4, -0.2) is 16.0 Å². The Balaban J connectivity index is 2.40. The average Bonchev–Trinajstić information content (AvgIpc) is 2.34. The van der Waals surface area contributed by atoms with Gasteiger partial charge in [-0.25, -0.2) is 4.41 Å². The maximum Gasteiger partial charge on any atom is 0.107 e. The summed E-state index contributed by atoms with van der Waals surface area (Å²) in [7, 11) is 2.75. The predicted molar refractivity (Wildman–Crippen MR) is 51.9 cm³/mol. The fourth-order valence-electron chi connectivity index (χ4n) is 0.539. The lowest BCUT2D eigenvalue weighted by Gasteiger charge is -2.03. The van der Waals surface area contributed by atoms with Crippen LogP contribution in [0.25, 0.3) is 0 Å². The van der Waals surface area contributed by atoms with Crippen LogP contribution in [-0.2, 0) is 0 Å². The molecule has 9 heavy (non-hydrogen) atoms.